The molecule has 0 aliphatic rings. The van der Waals surface area contributed by atoms with Gasteiger partial charge in [-0.2, -0.15) is 0 Å². The molecule has 0 spiro atoms. The molecule has 2 rings (SSSR count). The lowest BCUT2D eigenvalue weighted by atomic mass is 10.3. The van der Waals surface area contributed by atoms with Gasteiger partial charge in [-0.15, -0.1) is 0 Å². The van der Waals surface area contributed by atoms with E-state index in [0.717, 1.165) is 33.5 Å². The molecule has 4 nitrogen and oxygen atoms in total. The van der Waals surface area contributed by atoms with E-state index >= 15 is 0 Å². The first-order valence-corrected chi connectivity index (χ1v) is 7.47. The van der Waals surface area contributed by atoms with Gasteiger partial charge in [0, 0.05) is 11.0 Å². The second kappa shape index (κ2) is 6.86. The second-order valence-corrected chi connectivity index (χ2v) is 5.53. The lowest BCUT2D eigenvalue weighted by molar-refractivity contribution is 0.458. The average molecular weight is 387 g/mol. The van der Waals surface area contributed by atoms with Crippen LogP contribution in [-0.4, -0.2) is 16.5 Å². The van der Waals surface area contributed by atoms with Crippen LogP contribution in [0.5, 0.6) is 11.6 Å². The molecular weight excluding hydrogens is 374 g/mol. The fourth-order valence-electron chi connectivity index (χ4n) is 1.41. The van der Waals surface area contributed by atoms with Gasteiger partial charge in [0.15, 0.2) is 0 Å². The van der Waals surface area contributed by atoms with Crippen LogP contribution in [-0.2, 0) is 0 Å². The molecule has 0 aliphatic heterocycles. The Balaban J connectivity index is 2.18. The largest absolute Gasteiger partial charge is 0.438 e. The van der Waals surface area contributed by atoms with Gasteiger partial charge in [-0.3, -0.25) is 0 Å². The summed E-state index contributed by atoms with van der Waals surface area (Å²) in [6, 6.07) is 7.58. The van der Waals surface area contributed by atoms with E-state index in [1.54, 1.807) is 0 Å². The van der Waals surface area contributed by atoms with Crippen LogP contribution in [0.15, 0.2) is 39.5 Å². The lowest BCUT2D eigenvalue weighted by Gasteiger charge is -2.10. The molecule has 0 amide bonds. The molecule has 1 N–H and O–H groups in total. The van der Waals surface area contributed by atoms with E-state index in [1.165, 1.54) is 6.33 Å². The Morgan fingerprint density at radius 3 is 2.58 bits per heavy atom. The molecule has 0 aliphatic carbocycles. The highest BCUT2D eigenvalue weighted by atomic mass is 79.9. The van der Waals surface area contributed by atoms with Crippen molar-refractivity contribution in [1.82, 2.24) is 9.97 Å². The molecule has 1 heterocycles. The molecule has 100 valence electrons. The van der Waals surface area contributed by atoms with Gasteiger partial charge in [-0.05, 0) is 46.6 Å². The standard InChI is InChI=1S/C13H13Br2N3O/c1-2-7-16-12-11(15)13(18-8-17-12)19-10-5-3-9(14)4-6-10/h3-6,8H,2,7H2,1H3,(H,16,17,18). The number of hydrogen-bond acceptors (Lipinski definition) is 4. The van der Waals surface area contributed by atoms with Gasteiger partial charge in [0.05, 0.1) is 0 Å². The minimum Gasteiger partial charge on any atom is -0.438 e. The van der Waals surface area contributed by atoms with Gasteiger partial charge in [0.1, 0.15) is 22.4 Å². The molecule has 6 heteroatoms. The molecule has 1 aromatic carbocycles. The Bertz CT molecular complexity index is 546. The van der Waals surface area contributed by atoms with Crippen molar-refractivity contribution in [2.45, 2.75) is 13.3 Å². The van der Waals surface area contributed by atoms with Crippen LogP contribution in [0.2, 0.25) is 0 Å². The van der Waals surface area contributed by atoms with Gasteiger partial charge >= 0.3 is 0 Å². The number of nitrogens with one attached hydrogen (secondary N) is 1. The Morgan fingerprint density at radius 1 is 1.16 bits per heavy atom. The van der Waals surface area contributed by atoms with Gasteiger partial charge < -0.3 is 10.1 Å². The maximum atomic E-state index is 5.73. The summed E-state index contributed by atoms with van der Waals surface area (Å²) in [6.07, 6.45) is 2.51. The maximum absolute atomic E-state index is 5.73. The second-order valence-electron chi connectivity index (χ2n) is 3.82. The zero-order valence-corrected chi connectivity index (χ0v) is 13.5. The van der Waals surface area contributed by atoms with Gasteiger partial charge in [0.25, 0.3) is 0 Å². The van der Waals surface area contributed by atoms with Crippen LogP contribution < -0.4 is 10.1 Å². The molecule has 0 atom stereocenters. The van der Waals surface area contributed by atoms with Crippen molar-refractivity contribution in [3.63, 3.8) is 0 Å². The number of rotatable bonds is 5. The molecule has 0 bridgehead atoms. The number of halogens is 2. The third-order valence-electron chi connectivity index (χ3n) is 2.33. The normalized spacial score (nSPS) is 10.3. The summed E-state index contributed by atoms with van der Waals surface area (Å²) >= 11 is 6.85. The highest BCUT2D eigenvalue weighted by Crippen LogP contribution is 2.32. The first-order valence-electron chi connectivity index (χ1n) is 5.88. The molecule has 0 unspecified atom stereocenters. The fraction of sp³-hybridized carbons (Fsp3) is 0.231. The van der Waals surface area contributed by atoms with E-state index in [9.17, 15) is 0 Å². The minimum absolute atomic E-state index is 0.496. The molecular formula is C13H13Br2N3O. The lowest BCUT2D eigenvalue weighted by Crippen LogP contribution is -2.04. The molecule has 0 saturated heterocycles. The van der Waals surface area contributed by atoms with Crippen molar-refractivity contribution in [1.29, 1.82) is 0 Å². The summed E-state index contributed by atoms with van der Waals surface area (Å²) < 4.78 is 7.46. The summed E-state index contributed by atoms with van der Waals surface area (Å²) in [6.45, 7) is 2.95. The summed E-state index contributed by atoms with van der Waals surface area (Å²) in [5.41, 5.74) is 0. The Labute approximate surface area is 128 Å². The number of ether oxygens (including phenoxy) is 1. The average Bonchev–Trinajstić information content (AvgIpc) is 2.42. The molecule has 0 fully saturated rings. The fourth-order valence-corrected chi connectivity index (χ4v) is 2.10. The van der Waals surface area contributed by atoms with E-state index in [1.807, 2.05) is 24.3 Å². The van der Waals surface area contributed by atoms with E-state index in [2.05, 4.69) is 54.1 Å². The molecule has 2 aromatic rings. The Kier molecular flexibility index (Phi) is 5.15. The third-order valence-corrected chi connectivity index (χ3v) is 3.57. The van der Waals surface area contributed by atoms with Gasteiger partial charge in [0.2, 0.25) is 5.88 Å². The molecule has 0 saturated carbocycles. The van der Waals surface area contributed by atoms with E-state index in [4.69, 9.17) is 4.74 Å². The van der Waals surface area contributed by atoms with Crippen LogP contribution in [0, 0.1) is 0 Å². The zero-order valence-electron chi connectivity index (χ0n) is 10.4. The van der Waals surface area contributed by atoms with Crippen molar-refractivity contribution in [2.24, 2.45) is 0 Å². The summed E-state index contributed by atoms with van der Waals surface area (Å²) in [5.74, 6) is 1.96. The predicted molar refractivity (Wildman–Crippen MR) is 82.7 cm³/mol. The zero-order chi connectivity index (χ0) is 13.7. The van der Waals surface area contributed by atoms with Crippen molar-refractivity contribution in [3.05, 3.63) is 39.5 Å². The highest BCUT2D eigenvalue weighted by molar-refractivity contribution is 9.11. The number of hydrogen-bond donors (Lipinski definition) is 1. The minimum atomic E-state index is 0.496. The third kappa shape index (κ3) is 3.91. The summed E-state index contributed by atoms with van der Waals surface area (Å²) in [7, 11) is 0. The van der Waals surface area contributed by atoms with Crippen molar-refractivity contribution >= 4 is 37.7 Å². The van der Waals surface area contributed by atoms with E-state index in [0.29, 0.717) is 5.88 Å². The van der Waals surface area contributed by atoms with Crippen LogP contribution in [0.3, 0.4) is 0 Å². The SMILES string of the molecule is CCCNc1ncnc(Oc2ccc(Br)cc2)c1Br. The van der Waals surface area contributed by atoms with Crippen molar-refractivity contribution in [3.8, 4) is 11.6 Å². The van der Waals surface area contributed by atoms with Crippen LogP contribution in [0.4, 0.5) is 5.82 Å². The number of aromatic nitrogens is 2. The van der Waals surface area contributed by atoms with Crippen molar-refractivity contribution < 1.29 is 4.74 Å². The first-order chi connectivity index (χ1) is 9.20. The predicted octanol–water partition coefficient (Wildman–Crippen LogP) is 4.62. The first kappa shape index (κ1) is 14.3. The van der Waals surface area contributed by atoms with Gasteiger partial charge in [-0.1, -0.05) is 22.9 Å². The highest BCUT2D eigenvalue weighted by Gasteiger charge is 2.10. The summed E-state index contributed by atoms with van der Waals surface area (Å²) in [5, 5.41) is 3.21. The maximum Gasteiger partial charge on any atom is 0.238 e. The quantitative estimate of drug-likeness (QED) is 0.814. The topological polar surface area (TPSA) is 47.0 Å². The number of nitrogens with zero attached hydrogens (tertiary/aromatic N) is 2. The van der Waals surface area contributed by atoms with E-state index < -0.39 is 0 Å². The number of benzene rings is 1. The van der Waals surface area contributed by atoms with Gasteiger partial charge in [-0.25, -0.2) is 9.97 Å². The summed E-state index contributed by atoms with van der Waals surface area (Å²) in [4.78, 5) is 8.31. The smallest absolute Gasteiger partial charge is 0.238 e. The van der Waals surface area contributed by atoms with Crippen LogP contribution in [0.25, 0.3) is 0 Å². The molecule has 19 heavy (non-hydrogen) atoms. The van der Waals surface area contributed by atoms with Crippen LogP contribution >= 0.6 is 31.9 Å². The Hall–Kier alpha value is -1.14. The Morgan fingerprint density at radius 2 is 1.89 bits per heavy atom. The molecule has 0 radical (unpaired) electrons. The van der Waals surface area contributed by atoms with Crippen molar-refractivity contribution in [2.75, 3.05) is 11.9 Å². The van der Waals surface area contributed by atoms with E-state index in [-0.39, 0.29) is 0 Å². The monoisotopic (exact) mass is 385 g/mol. The molecule has 1 aromatic heterocycles. The van der Waals surface area contributed by atoms with Crippen LogP contribution in [0.1, 0.15) is 13.3 Å². The number of anilines is 1.